The lowest BCUT2D eigenvalue weighted by Crippen LogP contribution is -2.07. The van der Waals surface area contributed by atoms with Crippen molar-refractivity contribution in [3.63, 3.8) is 0 Å². The Kier molecular flexibility index (Phi) is 3.98. The first-order valence-electron chi connectivity index (χ1n) is 5.02. The standard InChI is InChI=1S/C12H9BrFNO2S/c13-9-5-10(14)11(15)4-8(9)12(16)17-6-7-2-1-3-18-7/h1-5H,6,15H2. The summed E-state index contributed by atoms with van der Waals surface area (Å²) >= 11 is 4.60. The Morgan fingerprint density at radius 2 is 2.28 bits per heavy atom. The Balaban J connectivity index is 2.11. The highest BCUT2D eigenvalue weighted by atomic mass is 79.9. The van der Waals surface area contributed by atoms with Gasteiger partial charge in [0.05, 0.1) is 11.3 Å². The molecule has 1 aromatic carbocycles. The smallest absolute Gasteiger partial charge is 0.339 e. The van der Waals surface area contributed by atoms with Crippen molar-refractivity contribution in [2.75, 3.05) is 5.73 Å². The largest absolute Gasteiger partial charge is 0.456 e. The molecule has 0 radical (unpaired) electrons. The van der Waals surface area contributed by atoms with E-state index in [1.165, 1.54) is 17.4 Å². The van der Waals surface area contributed by atoms with Crippen molar-refractivity contribution in [1.29, 1.82) is 0 Å². The predicted octanol–water partition coefficient (Wildman–Crippen LogP) is 3.59. The first-order valence-corrected chi connectivity index (χ1v) is 6.69. The first kappa shape index (κ1) is 13.0. The number of rotatable bonds is 3. The van der Waals surface area contributed by atoms with Crippen molar-refractivity contribution in [3.8, 4) is 0 Å². The number of nitrogen functional groups attached to an aromatic ring is 1. The minimum atomic E-state index is -0.573. The minimum Gasteiger partial charge on any atom is -0.456 e. The lowest BCUT2D eigenvalue weighted by Gasteiger charge is -2.07. The molecule has 94 valence electrons. The number of anilines is 1. The molecule has 0 aliphatic rings. The summed E-state index contributed by atoms with van der Waals surface area (Å²) in [5, 5.41) is 1.90. The van der Waals surface area contributed by atoms with E-state index < -0.39 is 11.8 Å². The van der Waals surface area contributed by atoms with Gasteiger partial charge in [-0.25, -0.2) is 9.18 Å². The van der Waals surface area contributed by atoms with Crippen molar-refractivity contribution in [2.24, 2.45) is 0 Å². The van der Waals surface area contributed by atoms with E-state index in [0.29, 0.717) is 4.47 Å². The number of hydrogen-bond acceptors (Lipinski definition) is 4. The van der Waals surface area contributed by atoms with Crippen molar-refractivity contribution < 1.29 is 13.9 Å². The molecule has 0 fully saturated rings. The van der Waals surface area contributed by atoms with E-state index in [0.717, 1.165) is 10.9 Å². The lowest BCUT2D eigenvalue weighted by molar-refractivity contribution is 0.0475. The second-order valence-corrected chi connectivity index (χ2v) is 5.40. The molecule has 0 spiro atoms. The molecule has 0 unspecified atom stereocenters. The molecule has 0 saturated carbocycles. The van der Waals surface area contributed by atoms with Gasteiger partial charge >= 0.3 is 5.97 Å². The molecule has 18 heavy (non-hydrogen) atoms. The fraction of sp³-hybridized carbons (Fsp3) is 0.0833. The number of hydrogen-bond donors (Lipinski definition) is 1. The molecule has 0 aliphatic heterocycles. The third kappa shape index (κ3) is 2.88. The summed E-state index contributed by atoms with van der Waals surface area (Å²) < 4.78 is 18.6. The molecule has 1 heterocycles. The molecule has 0 amide bonds. The zero-order valence-electron chi connectivity index (χ0n) is 9.15. The van der Waals surface area contributed by atoms with E-state index in [1.54, 1.807) is 0 Å². The Labute approximate surface area is 116 Å². The van der Waals surface area contributed by atoms with Gasteiger partial charge in [0, 0.05) is 9.35 Å². The maximum absolute atomic E-state index is 13.1. The van der Waals surface area contributed by atoms with Crippen molar-refractivity contribution >= 4 is 38.9 Å². The predicted molar refractivity (Wildman–Crippen MR) is 72.0 cm³/mol. The number of esters is 1. The number of halogens is 2. The van der Waals surface area contributed by atoms with E-state index in [2.05, 4.69) is 15.9 Å². The Hall–Kier alpha value is -1.40. The lowest BCUT2D eigenvalue weighted by atomic mass is 10.2. The van der Waals surface area contributed by atoms with Crippen LogP contribution in [0.5, 0.6) is 0 Å². The molecule has 2 N–H and O–H groups in total. The van der Waals surface area contributed by atoms with E-state index in [4.69, 9.17) is 10.5 Å². The molecule has 0 bridgehead atoms. The van der Waals surface area contributed by atoms with E-state index in [9.17, 15) is 9.18 Å². The molecule has 6 heteroatoms. The quantitative estimate of drug-likeness (QED) is 0.691. The second kappa shape index (κ2) is 5.49. The summed E-state index contributed by atoms with van der Waals surface area (Å²) in [6.45, 7) is 0.195. The molecule has 1 aromatic heterocycles. The maximum Gasteiger partial charge on any atom is 0.339 e. The number of ether oxygens (including phenoxy) is 1. The maximum atomic E-state index is 13.1. The molecule has 0 aliphatic carbocycles. The van der Waals surface area contributed by atoms with Crippen LogP contribution in [0.1, 0.15) is 15.2 Å². The monoisotopic (exact) mass is 329 g/mol. The summed E-state index contributed by atoms with van der Waals surface area (Å²) in [7, 11) is 0. The van der Waals surface area contributed by atoms with Gasteiger partial charge in [-0.1, -0.05) is 6.07 Å². The van der Waals surface area contributed by atoms with Gasteiger partial charge in [0.15, 0.2) is 0 Å². The van der Waals surface area contributed by atoms with Crippen LogP contribution < -0.4 is 5.73 Å². The molecule has 2 aromatic rings. The van der Waals surface area contributed by atoms with Crippen LogP contribution in [-0.4, -0.2) is 5.97 Å². The average Bonchev–Trinajstić information content (AvgIpc) is 2.84. The number of nitrogens with two attached hydrogens (primary N) is 1. The SMILES string of the molecule is Nc1cc(C(=O)OCc2cccs2)c(Br)cc1F. The van der Waals surface area contributed by atoms with Gasteiger partial charge in [-0.05, 0) is 39.5 Å². The molecule has 0 atom stereocenters. The third-order valence-electron chi connectivity index (χ3n) is 2.23. The summed E-state index contributed by atoms with van der Waals surface area (Å²) in [4.78, 5) is 12.7. The minimum absolute atomic E-state index is 0.0822. The third-order valence-corrected chi connectivity index (χ3v) is 3.74. The molecule has 2 rings (SSSR count). The van der Waals surface area contributed by atoms with Crippen LogP contribution >= 0.6 is 27.3 Å². The Bertz CT molecular complexity index is 572. The summed E-state index contributed by atoms with van der Waals surface area (Å²) in [5.74, 6) is -1.11. The molecule has 3 nitrogen and oxygen atoms in total. The van der Waals surface area contributed by atoms with Crippen LogP contribution in [0.2, 0.25) is 0 Å². The fourth-order valence-electron chi connectivity index (χ4n) is 1.33. The average molecular weight is 330 g/mol. The zero-order chi connectivity index (χ0) is 13.1. The van der Waals surface area contributed by atoms with Crippen LogP contribution in [0, 0.1) is 5.82 Å². The Morgan fingerprint density at radius 1 is 1.50 bits per heavy atom. The van der Waals surface area contributed by atoms with E-state index in [1.807, 2.05) is 17.5 Å². The highest BCUT2D eigenvalue weighted by Gasteiger charge is 2.14. The Morgan fingerprint density at radius 3 is 2.94 bits per heavy atom. The molecule has 0 saturated heterocycles. The summed E-state index contributed by atoms with van der Waals surface area (Å²) in [6, 6.07) is 6.15. The fourth-order valence-corrected chi connectivity index (χ4v) is 2.42. The highest BCUT2D eigenvalue weighted by Crippen LogP contribution is 2.24. The highest BCUT2D eigenvalue weighted by molar-refractivity contribution is 9.10. The van der Waals surface area contributed by atoms with Crippen LogP contribution in [-0.2, 0) is 11.3 Å². The normalized spacial score (nSPS) is 10.3. The molecular formula is C12H9BrFNO2S. The number of carbonyl (C=O) groups excluding carboxylic acids is 1. The van der Waals surface area contributed by atoms with Gasteiger partial charge in [0.2, 0.25) is 0 Å². The zero-order valence-corrected chi connectivity index (χ0v) is 11.6. The van der Waals surface area contributed by atoms with Crippen molar-refractivity contribution in [3.05, 3.63) is 50.4 Å². The summed E-state index contributed by atoms with van der Waals surface area (Å²) in [6.07, 6.45) is 0. The summed E-state index contributed by atoms with van der Waals surface area (Å²) in [5.41, 5.74) is 5.55. The van der Waals surface area contributed by atoms with Crippen LogP contribution in [0.3, 0.4) is 0 Å². The van der Waals surface area contributed by atoms with Crippen LogP contribution in [0.4, 0.5) is 10.1 Å². The van der Waals surface area contributed by atoms with Gasteiger partial charge in [-0.3, -0.25) is 0 Å². The topological polar surface area (TPSA) is 52.3 Å². The van der Waals surface area contributed by atoms with Gasteiger partial charge in [0.25, 0.3) is 0 Å². The van der Waals surface area contributed by atoms with Gasteiger partial charge < -0.3 is 10.5 Å². The number of carbonyl (C=O) groups is 1. The van der Waals surface area contributed by atoms with Crippen molar-refractivity contribution in [1.82, 2.24) is 0 Å². The first-order chi connectivity index (χ1) is 8.58. The van der Waals surface area contributed by atoms with E-state index in [-0.39, 0.29) is 17.9 Å². The molecular weight excluding hydrogens is 321 g/mol. The van der Waals surface area contributed by atoms with E-state index >= 15 is 0 Å². The number of benzene rings is 1. The van der Waals surface area contributed by atoms with Crippen LogP contribution in [0.15, 0.2) is 34.1 Å². The number of thiophene rings is 1. The van der Waals surface area contributed by atoms with Gasteiger partial charge in [0.1, 0.15) is 12.4 Å². The van der Waals surface area contributed by atoms with Crippen molar-refractivity contribution in [2.45, 2.75) is 6.61 Å². The van der Waals surface area contributed by atoms with Gasteiger partial charge in [-0.2, -0.15) is 0 Å². The van der Waals surface area contributed by atoms with Crippen LogP contribution in [0.25, 0.3) is 0 Å². The van der Waals surface area contributed by atoms with Gasteiger partial charge in [-0.15, -0.1) is 11.3 Å². The second-order valence-electron chi connectivity index (χ2n) is 3.51.